The molecule has 0 bridgehead atoms. The van der Waals surface area contributed by atoms with Crippen molar-refractivity contribution in [3.05, 3.63) is 23.8 Å². The molecule has 1 atom stereocenters. The van der Waals surface area contributed by atoms with Crippen LogP contribution in [-0.2, 0) is 6.42 Å². The lowest BCUT2D eigenvalue weighted by Crippen LogP contribution is -2.09. The highest BCUT2D eigenvalue weighted by molar-refractivity contribution is 6.46. The van der Waals surface area contributed by atoms with Crippen molar-refractivity contribution in [2.45, 2.75) is 32.5 Å². The summed E-state index contributed by atoms with van der Waals surface area (Å²) in [6.45, 7) is 4.32. The predicted molar refractivity (Wildman–Crippen MR) is 72.2 cm³/mol. The summed E-state index contributed by atoms with van der Waals surface area (Å²) in [5, 5.41) is 18.2. The molecule has 0 fully saturated rings. The maximum Gasteiger partial charge on any atom is 0.253 e. The lowest BCUT2D eigenvalue weighted by Gasteiger charge is -2.15. The van der Waals surface area contributed by atoms with Crippen molar-refractivity contribution in [3.63, 3.8) is 0 Å². The molecule has 0 aliphatic rings. The van der Waals surface area contributed by atoms with Crippen LogP contribution >= 0.6 is 0 Å². The van der Waals surface area contributed by atoms with Gasteiger partial charge in [0, 0.05) is 0 Å². The van der Waals surface area contributed by atoms with Gasteiger partial charge >= 0.3 is 0 Å². The SMILES string of the molecule is CC(C)CC(BC#N)Cc1ccc(O)c(N)c1. The van der Waals surface area contributed by atoms with E-state index in [0.717, 1.165) is 18.4 Å². The Hall–Kier alpha value is -1.63. The number of rotatable bonds is 5. The molecule has 1 aromatic carbocycles. The van der Waals surface area contributed by atoms with Crippen LogP contribution in [0.3, 0.4) is 0 Å². The molecule has 3 nitrogen and oxygen atoms in total. The summed E-state index contributed by atoms with van der Waals surface area (Å²) in [6.07, 6.45) is 1.88. The van der Waals surface area contributed by atoms with E-state index in [9.17, 15) is 5.11 Å². The Morgan fingerprint density at radius 1 is 1.47 bits per heavy atom. The first-order valence-corrected chi connectivity index (χ1v) is 5.97. The van der Waals surface area contributed by atoms with Gasteiger partial charge in [0.05, 0.1) is 5.69 Å². The third-order valence-corrected chi connectivity index (χ3v) is 2.80. The van der Waals surface area contributed by atoms with Crippen LogP contribution in [0.4, 0.5) is 5.69 Å². The molecule has 17 heavy (non-hydrogen) atoms. The summed E-state index contributed by atoms with van der Waals surface area (Å²) in [5.74, 6) is 3.31. The number of nitrogens with zero attached hydrogens (tertiary/aromatic N) is 1. The van der Waals surface area contributed by atoms with Crippen LogP contribution in [0, 0.1) is 17.1 Å². The third kappa shape index (κ3) is 4.40. The van der Waals surface area contributed by atoms with E-state index in [2.05, 4.69) is 19.8 Å². The van der Waals surface area contributed by atoms with E-state index in [1.807, 2.05) is 6.07 Å². The lowest BCUT2D eigenvalue weighted by molar-refractivity contribution is 0.477. The monoisotopic (exact) mass is 230 g/mol. The standard InChI is InChI=1S/C13H19BN2O/c1-9(2)5-11(14-8-15)6-10-3-4-13(17)12(16)7-10/h3-4,7,9,11,14,17H,5-6,16H2,1-2H3. The van der Waals surface area contributed by atoms with Crippen molar-refractivity contribution < 1.29 is 5.11 Å². The van der Waals surface area contributed by atoms with Gasteiger partial charge in [-0.25, -0.2) is 5.26 Å². The Morgan fingerprint density at radius 3 is 2.71 bits per heavy atom. The number of hydrogen-bond acceptors (Lipinski definition) is 3. The van der Waals surface area contributed by atoms with E-state index < -0.39 is 0 Å². The van der Waals surface area contributed by atoms with E-state index in [1.54, 1.807) is 12.1 Å². The van der Waals surface area contributed by atoms with E-state index in [-0.39, 0.29) is 5.75 Å². The minimum Gasteiger partial charge on any atom is -0.506 e. The van der Waals surface area contributed by atoms with Gasteiger partial charge in [0.1, 0.15) is 5.75 Å². The molecule has 0 spiro atoms. The van der Waals surface area contributed by atoms with Crippen LogP contribution in [0.1, 0.15) is 25.8 Å². The van der Waals surface area contributed by atoms with E-state index in [0.29, 0.717) is 24.7 Å². The van der Waals surface area contributed by atoms with Crippen molar-refractivity contribution in [3.8, 4) is 11.7 Å². The topological polar surface area (TPSA) is 70.0 Å². The molecule has 0 saturated heterocycles. The number of phenols is 1. The summed E-state index contributed by atoms with van der Waals surface area (Å²) in [4.78, 5) is 0. The summed E-state index contributed by atoms with van der Waals surface area (Å²) in [5.41, 5.74) is 7.15. The molecule has 3 N–H and O–H groups in total. The minimum absolute atomic E-state index is 0.120. The second kappa shape index (κ2) is 6.19. The molecule has 0 aliphatic heterocycles. The fraction of sp³-hybridized carbons (Fsp3) is 0.462. The van der Waals surface area contributed by atoms with Gasteiger partial charge in [-0.15, -0.1) is 0 Å². The second-order valence-corrected chi connectivity index (χ2v) is 4.96. The smallest absolute Gasteiger partial charge is 0.253 e. The van der Waals surface area contributed by atoms with Gasteiger partial charge in [-0.3, -0.25) is 0 Å². The molecule has 90 valence electrons. The normalized spacial score (nSPS) is 12.1. The van der Waals surface area contributed by atoms with E-state index >= 15 is 0 Å². The highest BCUT2D eigenvalue weighted by Crippen LogP contribution is 2.26. The molecular formula is C13H19BN2O. The van der Waals surface area contributed by atoms with Crippen molar-refractivity contribution in [2.75, 3.05) is 5.73 Å². The fourth-order valence-corrected chi connectivity index (χ4v) is 2.10. The second-order valence-electron chi connectivity index (χ2n) is 4.96. The van der Waals surface area contributed by atoms with Gasteiger partial charge in [0.15, 0.2) is 0 Å². The van der Waals surface area contributed by atoms with Crippen molar-refractivity contribution >= 4 is 13.0 Å². The summed E-state index contributed by atoms with van der Waals surface area (Å²) >= 11 is 0. The predicted octanol–water partition coefficient (Wildman–Crippen LogP) is 2.27. The van der Waals surface area contributed by atoms with Crippen LogP contribution in [-0.4, -0.2) is 12.4 Å². The Bertz CT molecular complexity index is 412. The molecule has 0 aromatic heterocycles. The quantitative estimate of drug-likeness (QED) is 0.463. The zero-order valence-corrected chi connectivity index (χ0v) is 10.5. The zero-order chi connectivity index (χ0) is 12.8. The van der Waals surface area contributed by atoms with Gasteiger partial charge in [-0.05, 0) is 41.8 Å². The molecular weight excluding hydrogens is 211 g/mol. The minimum atomic E-state index is 0.120. The average molecular weight is 230 g/mol. The van der Waals surface area contributed by atoms with E-state index in [4.69, 9.17) is 11.0 Å². The highest BCUT2D eigenvalue weighted by Gasteiger charge is 2.14. The first-order chi connectivity index (χ1) is 8.02. The molecule has 0 aliphatic carbocycles. The van der Waals surface area contributed by atoms with Crippen molar-refractivity contribution in [2.24, 2.45) is 5.92 Å². The molecule has 0 heterocycles. The maximum absolute atomic E-state index is 9.35. The van der Waals surface area contributed by atoms with Crippen LogP contribution in [0.2, 0.25) is 5.82 Å². The van der Waals surface area contributed by atoms with Crippen LogP contribution in [0.25, 0.3) is 0 Å². The number of anilines is 1. The number of hydrogen-bond donors (Lipinski definition) is 2. The Kier molecular flexibility index (Phi) is 4.90. The summed E-state index contributed by atoms with van der Waals surface area (Å²) < 4.78 is 0. The number of aromatic hydroxyl groups is 1. The molecule has 4 heteroatoms. The first-order valence-electron chi connectivity index (χ1n) is 5.97. The van der Waals surface area contributed by atoms with Gasteiger partial charge in [0.25, 0.3) is 7.28 Å². The van der Waals surface area contributed by atoms with Crippen molar-refractivity contribution in [1.29, 1.82) is 5.26 Å². The lowest BCUT2D eigenvalue weighted by atomic mass is 9.61. The highest BCUT2D eigenvalue weighted by atomic mass is 16.3. The molecule has 1 unspecified atom stereocenters. The number of nitriles is 1. The van der Waals surface area contributed by atoms with Crippen molar-refractivity contribution in [1.82, 2.24) is 0 Å². The van der Waals surface area contributed by atoms with Gasteiger partial charge in [-0.2, -0.15) is 0 Å². The molecule has 0 radical (unpaired) electrons. The maximum atomic E-state index is 9.35. The van der Waals surface area contributed by atoms with Crippen LogP contribution in [0.5, 0.6) is 5.75 Å². The largest absolute Gasteiger partial charge is 0.506 e. The molecule has 1 rings (SSSR count). The van der Waals surface area contributed by atoms with Crippen LogP contribution < -0.4 is 5.73 Å². The van der Waals surface area contributed by atoms with Gasteiger partial charge in [0.2, 0.25) is 0 Å². The van der Waals surface area contributed by atoms with E-state index in [1.165, 1.54) is 0 Å². The summed E-state index contributed by atoms with van der Waals surface area (Å²) in [7, 11) is 0.568. The zero-order valence-electron chi connectivity index (χ0n) is 10.5. The Labute approximate surface area is 103 Å². The Balaban J connectivity index is 2.72. The van der Waals surface area contributed by atoms with Gasteiger partial charge < -0.3 is 10.8 Å². The molecule has 0 saturated carbocycles. The summed E-state index contributed by atoms with van der Waals surface area (Å²) in [6, 6.07) is 5.28. The number of nitrogens with two attached hydrogens (primary N) is 1. The molecule has 0 amide bonds. The first kappa shape index (κ1) is 13.4. The Morgan fingerprint density at radius 2 is 2.18 bits per heavy atom. The fourth-order valence-electron chi connectivity index (χ4n) is 2.10. The number of nitrogen functional groups attached to an aromatic ring is 1. The molecule has 1 aromatic rings. The van der Waals surface area contributed by atoms with Gasteiger partial charge in [-0.1, -0.05) is 26.3 Å². The average Bonchev–Trinajstić information content (AvgIpc) is 2.23. The number of benzene rings is 1. The number of phenolic OH excluding ortho intramolecular Hbond substituents is 1. The third-order valence-electron chi connectivity index (χ3n) is 2.80. The van der Waals surface area contributed by atoms with Crippen LogP contribution in [0.15, 0.2) is 18.2 Å².